The van der Waals surface area contributed by atoms with Crippen LogP contribution in [0.5, 0.6) is 0 Å². The predicted octanol–water partition coefficient (Wildman–Crippen LogP) is 1.34. The van der Waals surface area contributed by atoms with E-state index in [0.717, 1.165) is 19.0 Å². The van der Waals surface area contributed by atoms with Gasteiger partial charge in [0, 0.05) is 18.3 Å². The number of aliphatic imine (C=N–C) groups is 1. The SMILES string of the molecule is CC(C)CN=C(NN)NCC1CCCCS1. The van der Waals surface area contributed by atoms with Gasteiger partial charge in [-0.05, 0) is 24.5 Å². The van der Waals surface area contributed by atoms with E-state index in [0.29, 0.717) is 11.2 Å². The molecule has 0 bridgehead atoms. The van der Waals surface area contributed by atoms with Gasteiger partial charge in [0.2, 0.25) is 5.96 Å². The van der Waals surface area contributed by atoms with Crippen LogP contribution in [0.4, 0.5) is 0 Å². The normalized spacial score (nSPS) is 22.2. The first kappa shape index (κ1) is 13.6. The molecule has 1 heterocycles. The maximum absolute atomic E-state index is 5.42. The van der Waals surface area contributed by atoms with E-state index in [1.165, 1.54) is 25.0 Å². The quantitative estimate of drug-likeness (QED) is 0.302. The van der Waals surface area contributed by atoms with Gasteiger partial charge in [-0.3, -0.25) is 10.4 Å². The molecule has 94 valence electrons. The van der Waals surface area contributed by atoms with E-state index in [1.807, 2.05) is 0 Å². The van der Waals surface area contributed by atoms with Gasteiger partial charge in [-0.2, -0.15) is 11.8 Å². The molecule has 1 rings (SSSR count). The molecule has 16 heavy (non-hydrogen) atoms. The van der Waals surface area contributed by atoms with Gasteiger partial charge in [-0.1, -0.05) is 20.3 Å². The van der Waals surface area contributed by atoms with Crippen molar-refractivity contribution < 1.29 is 0 Å². The highest BCUT2D eigenvalue weighted by Crippen LogP contribution is 2.24. The summed E-state index contributed by atoms with van der Waals surface area (Å²) in [5, 5.41) is 4.00. The number of rotatable bonds is 4. The second-order valence-corrected chi connectivity index (χ2v) is 6.01. The summed E-state index contributed by atoms with van der Waals surface area (Å²) >= 11 is 2.05. The molecule has 0 radical (unpaired) electrons. The largest absolute Gasteiger partial charge is 0.354 e. The van der Waals surface area contributed by atoms with E-state index in [-0.39, 0.29) is 0 Å². The van der Waals surface area contributed by atoms with Crippen LogP contribution in [0.15, 0.2) is 4.99 Å². The number of hydrogen-bond acceptors (Lipinski definition) is 3. The van der Waals surface area contributed by atoms with Crippen molar-refractivity contribution in [2.45, 2.75) is 38.4 Å². The van der Waals surface area contributed by atoms with Crippen LogP contribution in [0.1, 0.15) is 33.1 Å². The van der Waals surface area contributed by atoms with Crippen molar-refractivity contribution in [1.82, 2.24) is 10.7 Å². The Balaban J connectivity index is 2.24. The highest BCUT2D eigenvalue weighted by molar-refractivity contribution is 7.99. The van der Waals surface area contributed by atoms with Crippen LogP contribution in [-0.2, 0) is 0 Å². The number of nitrogens with one attached hydrogen (secondary N) is 2. The van der Waals surface area contributed by atoms with E-state index >= 15 is 0 Å². The molecule has 1 atom stereocenters. The minimum atomic E-state index is 0.564. The highest BCUT2D eigenvalue weighted by atomic mass is 32.2. The van der Waals surface area contributed by atoms with Crippen LogP contribution in [0.25, 0.3) is 0 Å². The third-order valence-electron chi connectivity index (χ3n) is 2.52. The van der Waals surface area contributed by atoms with Crippen LogP contribution >= 0.6 is 11.8 Å². The van der Waals surface area contributed by atoms with Gasteiger partial charge < -0.3 is 5.32 Å². The average Bonchev–Trinajstić information content (AvgIpc) is 2.30. The molecule has 0 aromatic carbocycles. The Morgan fingerprint density at radius 1 is 1.50 bits per heavy atom. The van der Waals surface area contributed by atoms with Gasteiger partial charge in [0.15, 0.2) is 0 Å². The van der Waals surface area contributed by atoms with Crippen LogP contribution in [0, 0.1) is 5.92 Å². The molecule has 0 aromatic heterocycles. The Morgan fingerprint density at radius 3 is 2.88 bits per heavy atom. The molecule has 0 aliphatic carbocycles. The van der Waals surface area contributed by atoms with Crippen molar-refractivity contribution in [3.05, 3.63) is 0 Å². The van der Waals surface area contributed by atoms with E-state index in [9.17, 15) is 0 Å². The molecule has 0 amide bonds. The molecule has 1 aliphatic heterocycles. The van der Waals surface area contributed by atoms with Gasteiger partial charge in [-0.15, -0.1) is 0 Å². The monoisotopic (exact) mass is 244 g/mol. The second-order valence-electron chi connectivity index (χ2n) is 4.60. The molecule has 1 unspecified atom stereocenters. The third kappa shape index (κ3) is 5.61. The molecule has 1 aliphatic rings. The van der Waals surface area contributed by atoms with E-state index in [1.54, 1.807) is 0 Å². The zero-order chi connectivity index (χ0) is 11.8. The number of nitrogens with two attached hydrogens (primary N) is 1. The number of nitrogens with zero attached hydrogens (tertiary/aromatic N) is 1. The number of hydrogen-bond donors (Lipinski definition) is 3. The van der Waals surface area contributed by atoms with Crippen molar-refractivity contribution in [3.63, 3.8) is 0 Å². The van der Waals surface area contributed by atoms with Crippen molar-refractivity contribution in [2.75, 3.05) is 18.8 Å². The van der Waals surface area contributed by atoms with Gasteiger partial charge in [0.1, 0.15) is 0 Å². The molecule has 5 heteroatoms. The Hall–Kier alpha value is -0.420. The van der Waals surface area contributed by atoms with Crippen molar-refractivity contribution in [3.8, 4) is 0 Å². The molecule has 4 N–H and O–H groups in total. The van der Waals surface area contributed by atoms with Crippen LogP contribution in [-0.4, -0.2) is 30.1 Å². The maximum atomic E-state index is 5.42. The van der Waals surface area contributed by atoms with Crippen molar-refractivity contribution in [2.24, 2.45) is 16.8 Å². The summed E-state index contributed by atoms with van der Waals surface area (Å²) in [6.07, 6.45) is 4.03. The highest BCUT2D eigenvalue weighted by Gasteiger charge is 2.13. The van der Waals surface area contributed by atoms with Gasteiger partial charge in [-0.25, -0.2) is 5.84 Å². The number of guanidine groups is 1. The summed E-state index contributed by atoms with van der Waals surface area (Å²) in [6.45, 7) is 6.07. The van der Waals surface area contributed by atoms with Crippen molar-refractivity contribution in [1.29, 1.82) is 0 Å². The summed E-state index contributed by atoms with van der Waals surface area (Å²) in [4.78, 5) is 4.39. The number of hydrazine groups is 1. The van der Waals surface area contributed by atoms with Gasteiger partial charge in [0.05, 0.1) is 0 Å². The molecular weight excluding hydrogens is 220 g/mol. The molecule has 1 fully saturated rings. The summed E-state index contributed by atoms with van der Waals surface area (Å²) in [5.74, 6) is 8.00. The first-order valence-corrected chi connectivity index (χ1v) is 7.13. The van der Waals surface area contributed by atoms with Gasteiger partial charge in [0.25, 0.3) is 0 Å². The topological polar surface area (TPSA) is 62.4 Å². The lowest BCUT2D eigenvalue weighted by molar-refractivity contribution is 0.634. The summed E-state index contributed by atoms with van der Waals surface area (Å²) in [5.41, 5.74) is 2.63. The van der Waals surface area contributed by atoms with Crippen LogP contribution in [0.2, 0.25) is 0 Å². The van der Waals surface area contributed by atoms with E-state index in [4.69, 9.17) is 5.84 Å². The molecule has 0 spiro atoms. The zero-order valence-electron chi connectivity index (χ0n) is 10.3. The lowest BCUT2D eigenvalue weighted by Crippen LogP contribution is -2.44. The zero-order valence-corrected chi connectivity index (χ0v) is 11.1. The summed E-state index contributed by atoms with van der Waals surface area (Å²) < 4.78 is 0. The van der Waals surface area contributed by atoms with E-state index < -0.39 is 0 Å². The van der Waals surface area contributed by atoms with Crippen molar-refractivity contribution >= 4 is 17.7 Å². The smallest absolute Gasteiger partial charge is 0.205 e. The second kappa shape index (κ2) is 7.79. The molecule has 4 nitrogen and oxygen atoms in total. The fourth-order valence-electron chi connectivity index (χ4n) is 1.61. The first-order valence-electron chi connectivity index (χ1n) is 6.09. The van der Waals surface area contributed by atoms with Crippen LogP contribution < -0.4 is 16.6 Å². The number of thioether (sulfide) groups is 1. The molecule has 0 saturated carbocycles. The molecule has 1 saturated heterocycles. The molecule has 0 aromatic rings. The first-order chi connectivity index (χ1) is 7.72. The fourth-order valence-corrected chi connectivity index (χ4v) is 2.84. The lowest BCUT2D eigenvalue weighted by Gasteiger charge is -2.22. The standard InChI is InChI=1S/C11H24N4S/c1-9(2)7-13-11(15-12)14-8-10-5-3-4-6-16-10/h9-10H,3-8,12H2,1-2H3,(H2,13,14,15). The predicted molar refractivity (Wildman–Crippen MR) is 72.6 cm³/mol. The Kier molecular flexibility index (Phi) is 6.64. The van der Waals surface area contributed by atoms with Gasteiger partial charge >= 0.3 is 0 Å². The average molecular weight is 244 g/mol. The minimum Gasteiger partial charge on any atom is -0.354 e. The van der Waals surface area contributed by atoms with Crippen LogP contribution in [0.3, 0.4) is 0 Å². The van der Waals surface area contributed by atoms with E-state index in [2.05, 4.69) is 41.3 Å². The fraction of sp³-hybridized carbons (Fsp3) is 0.909. The molecular formula is C11H24N4S. The Labute approximate surface area is 103 Å². The Morgan fingerprint density at radius 2 is 2.31 bits per heavy atom. The summed E-state index contributed by atoms with van der Waals surface area (Å²) in [7, 11) is 0. The third-order valence-corrected chi connectivity index (χ3v) is 3.92. The lowest BCUT2D eigenvalue weighted by atomic mass is 10.2. The minimum absolute atomic E-state index is 0.564. The summed E-state index contributed by atoms with van der Waals surface area (Å²) in [6, 6.07) is 0. The Bertz CT molecular complexity index is 212. The maximum Gasteiger partial charge on any atom is 0.205 e.